The first-order valence-corrected chi connectivity index (χ1v) is 7.01. The predicted molar refractivity (Wildman–Crippen MR) is 87.0 cm³/mol. The van der Waals surface area contributed by atoms with Gasteiger partial charge in [-0.15, -0.1) is 0 Å². The first kappa shape index (κ1) is 14.7. The minimum atomic E-state index is -0.0194. The van der Waals surface area contributed by atoms with Gasteiger partial charge >= 0.3 is 0 Å². The molecule has 0 spiro atoms. The van der Waals surface area contributed by atoms with Crippen LogP contribution in [0.2, 0.25) is 0 Å². The smallest absolute Gasteiger partial charge is 0.220 e. The standard InChI is InChI=1S/C18H14N2O3/c1-21-17-12-13(6-8-16(17)22-11-10-19)7-9-18-20-14-4-2-3-5-15(14)23-18/h2-9,12H,11H2,1H3. The van der Waals surface area contributed by atoms with E-state index in [-0.39, 0.29) is 6.61 Å². The fourth-order valence-electron chi connectivity index (χ4n) is 2.15. The third-order valence-corrected chi connectivity index (χ3v) is 3.21. The van der Waals surface area contributed by atoms with Crippen LogP contribution in [-0.4, -0.2) is 18.7 Å². The summed E-state index contributed by atoms with van der Waals surface area (Å²) in [6.45, 7) is -0.0194. The van der Waals surface area contributed by atoms with E-state index in [0.717, 1.165) is 16.7 Å². The molecule has 5 heteroatoms. The molecule has 3 aromatic rings. The summed E-state index contributed by atoms with van der Waals surface area (Å²) in [6.07, 6.45) is 3.67. The van der Waals surface area contributed by atoms with E-state index in [1.54, 1.807) is 19.3 Å². The third kappa shape index (κ3) is 3.33. The third-order valence-electron chi connectivity index (χ3n) is 3.21. The SMILES string of the molecule is COc1cc(C=Cc2nc3ccccc3o2)ccc1OCC#N. The van der Waals surface area contributed by atoms with Crippen LogP contribution in [-0.2, 0) is 0 Å². The Morgan fingerprint density at radius 2 is 2.04 bits per heavy atom. The van der Waals surface area contributed by atoms with Gasteiger partial charge in [-0.1, -0.05) is 18.2 Å². The summed E-state index contributed by atoms with van der Waals surface area (Å²) in [5, 5.41) is 8.57. The average Bonchev–Trinajstić information content (AvgIpc) is 3.01. The number of nitrogens with zero attached hydrogens (tertiary/aromatic N) is 2. The molecule has 0 amide bonds. The number of fused-ring (bicyclic) bond motifs is 1. The highest BCUT2D eigenvalue weighted by Crippen LogP contribution is 2.28. The fourth-order valence-corrected chi connectivity index (χ4v) is 2.15. The monoisotopic (exact) mass is 306 g/mol. The number of methoxy groups -OCH3 is 1. The number of hydrogen-bond acceptors (Lipinski definition) is 5. The van der Waals surface area contributed by atoms with Crippen molar-refractivity contribution < 1.29 is 13.9 Å². The lowest BCUT2D eigenvalue weighted by Crippen LogP contribution is -1.96. The van der Waals surface area contributed by atoms with Gasteiger partial charge in [0.15, 0.2) is 23.7 Å². The lowest BCUT2D eigenvalue weighted by atomic mass is 10.2. The minimum Gasteiger partial charge on any atom is -0.493 e. The van der Waals surface area contributed by atoms with Crippen LogP contribution in [0.25, 0.3) is 23.3 Å². The van der Waals surface area contributed by atoms with Crippen LogP contribution in [0.5, 0.6) is 11.5 Å². The molecule has 2 aromatic carbocycles. The lowest BCUT2D eigenvalue weighted by Gasteiger charge is -2.08. The largest absolute Gasteiger partial charge is 0.493 e. The molecule has 0 saturated heterocycles. The summed E-state index contributed by atoms with van der Waals surface area (Å²) in [7, 11) is 1.56. The summed E-state index contributed by atoms with van der Waals surface area (Å²) in [5.41, 5.74) is 2.49. The Bertz CT molecular complexity index is 858. The second-order valence-corrected chi connectivity index (χ2v) is 4.71. The van der Waals surface area contributed by atoms with Crippen LogP contribution in [0.1, 0.15) is 11.5 Å². The van der Waals surface area contributed by atoms with E-state index in [2.05, 4.69) is 4.98 Å². The van der Waals surface area contributed by atoms with Gasteiger partial charge in [-0.3, -0.25) is 0 Å². The molecule has 0 N–H and O–H groups in total. The molecular formula is C18H14N2O3. The highest BCUT2D eigenvalue weighted by Gasteiger charge is 2.05. The summed E-state index contributed by atoms with van der Waals surface area (Å²) in [5.74, 6) is 1.64. The van der Waals surface area contributed by atoms with Gasteiger partial charge in [0.2, 0.25) is 5.89 Å². The molecular weight excluding hydrogens is 292 g/mol. The maximum atomic E-state index is 8.57. The van der Waals surface area contributed by atoms with Crippen molar-refractivity contribution >= 4 is 23.3 Å². The molecule has 23 heavy (non-hydrogen) atoms. The van der Waals surface area contributed by atoms with Gasteiger partial charge in [0, 0.05) is 6.08 Å². The van der Waals surface area contributed by atoms with Crippen molar-refractivity contribution in [3.63, 3.8) is 0 Å². The van der Waals surface area contributed by atoms with Crippen LogP contribution in [0.4, 0.5) is 0 Å². The normalized spacial score (nSPS) is 10.8. The van der Waals surface area contributed by atoms with Crippen molar-refractivity contribution in [1.82, 2.24) is 4.98 Å². The molecule has 0 saturated carbocycles. The lowest BCUT2D eigenvalue weighted by molar-refractivity contribution is 0.329. The highest BCUT2D eigenvalue weighted by atomic mass is 16.5. The summed E-state index contributed by atoms with van der Waals surface area (Å²) < 4.78 is 16.2. The van der Waals surface area contributed by atoms with Gasteiger partial charge in [-0.25, -0.2) is 4.98 Å². The molecule has 114 valence electrons. The van der Waals surface area contributed by atoms with Crippen molar-refractivity contribution in [3.8, 4) is 17.6 Å². The van der Waals surface area contributed by atoms with E-state index in [4.69, 9.17) is 19.2 Å². The number of hydrogen-bond donors (Lipinski definition) is 0. The molecule has 1 aromatic heterocycles. The number of ether oxygens (including phenoxy) is 2. The zero-order chi connectivity index (χ0) is 16.1. The number of oxazole rings is 1. The molecule has 0 aliphatic heterocycles. The van der Waals surface area contributed by atoms with Gasteiger partial charge in [0.1, 0.15) is 11.6 Å². The summed E-state index contributed by atoms with van der Waals surface area (Å²) in [4.78, 5) is 4.38. The number of benzene rings is 2. The molecule has 0 radical (unpaired) electrons. The fraction of sp³-hybridized carbons (Fsp3) is 0.111. The van der Waals surface area contributed by atoms with E-state index < -0.39 is 0 Å². The molecule has 0 aliphatic carbocycles. The van der Waals surface area contributed by atoms with Crippen LogP contribution >= 0.6 is 0 Å². The van der Waals surface area contributed by atoms with Crippen molar-refractivity contribution in [2.45, 2.75) is 0 Å². The maximum Gasteiger partial charge on any atom is 0.220 e. The molecule has 0 unspecified atom stereocenters. The zero-order valence-electron chi connectivity index (χ0n) is 12.5. The summed E-state index contributed by atoms with van der Waals surface area (Å²) in [6, 6.07) is 15.0. The van der Waals surface area contributed by atoms with E-state index in [1.807, 2.05) is 48.5 Å². The van der Waals surface area contributed by atoms with Gasteiger partial charge < -0.3 is 13.9 Å². The number of nitriles is 1. The molecule has 0 fully saturated rings. The zero-order valence-corrected chi connectivity index (χ0v) is 12.5. The van der Waals surface area contributed by atoms with Crippen molar-refractivity contribution in [1.29, 1.82) is 5.26 Å². The van der Waals surface area contributed by atoms with Crippen LogP contribution in [0, 0.1) is 11.3 Å². The molecule has 0 bridgehead atoms. The topological polar surface area (TPSA) is 68.3 Å². The minimum absolute atomic E-state index is 0.0194. The molecule has 1 heterocycles. The van der Waals surface area contributed by atoms with Crippen LogP contribution in [0.3, 0.4) is 0 Å². The second-order valence-electron chi connectivity index (χ2n) is 4.71. The number of aromatic nitrogens is 1. The Morgan fingerprint density at radius 3 is 2.83 bits per heavy atom. The van der Waals surface area contributed by atoms with Crippen molar-refractivity contribution in [2.75, 3.05) is 13.7 Å². The summed E-state index contributed by atoms with van der Waals surface area (Å²) >= 11 is 0. The Kier molecular flexibility index (Phi) is 4.25. The highest BCUT2D eigenvalue weighted by molar-refractivity contribution is 5.76. The Hall–Kier alpha value is -3.26. The van der Waals surface area contributed by atoms with Gasteiger partial charge in [-0.2, -0.15) is 5.26 Å². The molecule has 5 nitrogen and oxygen atoms in total. The Labute approximate surface area is 133 Å². The average molecular weight is 306 g/mol. The molecule has 3 rings (SSSR count). The van der Waals surface area contributed by atoms with Crippen molar-refractivity contribution in [2.24, 2.45) is 0 Å². The second kappa shape index (κ2) is 6.67. The van der Waals surface area contributed by atoms with Crippen LogP contribution in [0.15, 0.2) is 46.9 Å². The Morgan fingerprint density at radius 1 is 1.17 bits per heavy atom. The number of rotatable bonds is 5. The maximum absolute atomic E-state index is 8.57. The van der Waals surface area contributed by atoms with E-state index in [1.165, 1.54) is 0 Å². The van der Waals surface area contributed by atoms with E-state index in [9.17, 15) is 0 Å². The quantitative estimate of drug-likeness (QED) is 0.715. The van der Waals surface area contributed by atoms with Gasteiger partial charge in [0.05, 0.1) is 7.11 Å². The van der Waals surface area contributed by atoms with Crippen LogP contribution < -0.4 is 9.47 Å². The Balaban J connectivity index is 1.82. The first-order chi connectivity index (χ1) is 11.3. The predicted octanol–water partition coefficient (Wildman–Crippen LogP) is 3.91. The number of para-hydroxylation sites is 2. The van der Waals surface area contributed by atoms with Gasteiger partial charge in [-0.05, 0) is 35.9 Å². The van der Waals surface area contributed by atoms with E-state index >= 15 is 0 Å². The first-order valence-electron chi connectivity index (χ1n) is 7.01. The van der Waals surface area contributed by atoms with E-state index in [0.29, 0.717) is 17.4 Å². The van der Waals surface area contributed by atoms with Crippen molar-refractivity contribution in [3.05, 3.63) is 53.9 Å². The molecule has 0 atom stereocenters. The van der Waals surface area contributed by atoms with Gasteiger partial charge in [0.25, 0.3) is 0 Å². The molecule has 0 aliphatic rings.